The number of benzene rings is 3. The fourth-order valence-corrected chi connectivity index (χ4v) is 3.54. The van der Waals surface area contributed by atoms with Crippen LogP contribution in [0.3, 0.4) is 0 Å². The van der Waals surface area contributed by atoms with E-state index in [2.05, 4.69) is 20.8 Å². The number of carbonyl (C=O) groups is 2. The molecule has 1 aromatic heterocycles. The summed E-state index contributed by atoms with van der Waals surface area (Å²) < 4.78 is 5.24. The summed E-state index contributed by atoms with van der Waals surface area (Å²) in [6.07, 6.45) is 0. The molecular formula is C25H24N4O3. The number of H-pyrrole nitrogens is 1. The van der Waals surface area contributed by atoms with Crippen molar-refractivity contribution in [2.24, 2.45) is 0 Å². The predicted molar refractivity (Wildman–Crippen MR) is 122 cm³/mol. The number of nitrogens with one attached hydrogen (secondary N) is 3. The smallest absolute Gasteiger partial charge is 0.273 e. The lowest BCUT2D eigenvalue weighted by atomic mass is 9.98. The highest BCUT2D eigenvalue weighted by Crippen LogP contribution is 2.24. The van der Waals surface area contributed by atoms with Gasteiger partial charge in [0.15, 0.2) is 5.69 Å². The van der Waals surface area contributed by atoms with E-state index in [0.717, 1.165) is 22.4 Å². The third kappa shape index (κ3) is 4.46. The number of fused-ring (bicyclic) bond motifs is 1. The van der Waals surface area contributed by atoms with Gasteiger partial charge in [-0.05, 0) is 36.2 Å². The highest BCUT2D eigenvalue weighted by molar-refractivity contribution is 6.05. The van der Waals surface area contributed by atoms with Gasteiger partial charge in [-0.1, -0.05) is 60.7 Å². The number of hydrogen-bond donors (Lipinski definition) is 3. The fraction of sp³-hybridized carbons (Fsp3) is 0.160. The van der Waals surface area contributed by atoms with Gasteiger partial charge in [-0.15, -0.1) is 0 Å². The Kier molecular flexibility index (Phi) is 6.17. The Bertz CT molecular complexity index is 1220. The Balaban J connectivity index is 1.51. The molecular weight excluding hydrogens is 404 g/mol. The van der Waals surface area contributed by atoms with Crippen molar-refractivity contribution in [3.8, 4) is 5.75 Å². The van der Waals surface area contributed by atoms with Crippen LogP contribution in [0, 0.1) is 0 Å². The highest BCUT2D eigenvalue weighted by atomic mass is 16.5. The highest BCUT2D eigenvalue weighted by Gasteiger charge is 2.23. The Morgan fingerprint density at radius 1 is 0.875 bits per heavy atom. The molecule has 0 aliphatic carbocycles. The van der Waals surface area contributed by atoms with Crippen molar-refractivity contribution in [3.63, 3.8) is 0 Å². The summed E-state index contributed by atoms with van der Waals surface area (Å²) in [7, 11) is 1.61. The van der Waals surface area contributed by atoms with E-state index in [0.29, 0.717) is 5.39 Å². The number of methoxy groups -OCH3 is 1. The van der Waals surface area contributed by atoms with E-state index in [1.807, 2.05) is 78.9 Å². The Hall–Kier alpha value is -4.13. The summed E-state index contributed by atoms with van der Waals surface area (Å²) in [5.41, 5.74) is 2.86. The van der Waals surface area contributed by atoms with Crippen molar-refractivity contribution >= 4 is 22.7 Å². The van der Waals surface area contributed by atoms with E-state index in [-0.39, 0.29) is 17.6 Å². The molecule has 4 aromatic rings. The van der Waals surface area contributed by atoms with E-state index in [1.54, 1.807) is 14.0 Å². The first-order chi connectivity index (χ1) is 15.6. The molecule has 3 aromatic carbocycles. The summed E-state index contributed by atoms with van der Waals surface area (Å²) in [4.78, 5) is 25.8. The molecule has 0 unspecified atom stereocenters. The minimum absolute atomic E-state index is 0.259. The van der Waals surface area contributed by atoms with Crippen molar-refractivity contribution < 1.29 is 14.3 Å². The molecule has 0 saturated carbocycles. The summed E-state index contributed by atoms with van der Waals surface area (Å²) >= 11 is 0. The second-order valence-corrected chi connectivity index (χ2v) is 7.44. The molecule has 2 amide bonds. The Morgan fingerprint density at radius 2 is 1.53 bits per heavy atom. The summed E-state index contributed by atoms with van der Waals surface area (Å²) in [6, 6.07) is 23.4. The topological polar surface area (TPSA) is 96.1 Å². The van der Waals surface area contributed by atoms with Gasteiger partial charge in [0.05, 0.1) is 18.7 Å². The first-order valence-electron chi connectivity index (χ1n) is 10.3. The van der Waals surface area contributed by atoms with Crippen LogP contribution in [0.25, 0.3) is 10.9 Å². The minimum Gasteiger partial charge on any atom is -0.497 e. The molecule has 0 aliphatic rings. The average molecular weight is 428 g/mol. The quantitative estimate of drug-likeness (QED) is 0.419. The molecule has 0 spiro atoms. The molecule has 162 valence electrons. The lowest BCUT2D eigenvalue weighted by molar-refractivity contribution is -0.123. The molecule has 32 heavy (non-hydrogen) atoms. The summed E-state index contributed by atoms with van der Waals surface area (Å²) in [5, 5.41) is 13.4. The van der Waals surface area contributed by atoms with E-state index < -0.39 is 11.9 Å². The number of para-hydroxylation sites is 1. The van der Waals surface area contributed by atoms with Crippen molar-refractivity contribution in [1.29, 1.82) is 0 Å². The zero-order valence-corrected chi connectivity index (χ0v) is 17.8. The Morgan fingerprint density at radius 3 is 2.25 bits per heavy atom. The maximum absolute atomic E-state index is 13.0. The molecule has 0 radical (unpaired) electrons. The molecule has 0 bridgehead atoms. The molecule has 0 saturated heterocycles. The van der Waals surface area contributed by atoms with Crippen LogP contribution < -0.4 is 15.4 Å². The molecule has 0 aliphatic heterocycles. The standard InChI is InChI=1S/C25H24N4O3/c1-16(26-25(31)23-20-10-6-7-11-21(20)28-29-23)24(30)27-22(17-8-4-3-5-9-17)18-12-14-19(32-2)15-13-18/h3-16,22H,1-2H3,(H,26,31)(H,27,30)(H,28,29)/t16-,22-/m1/s1. The van der Waals surface area contributed by atoms with Crippen LogP contribution in [0.1, 0.15) is 34.6 Å². The second-order valence-electron chi connectivity index (χ2n) is 7.44. The lowest BCUT2D eigenvalue weighted by Gasteiger charge is -2.22. The number of ether oxygens (including phenoxy) is 1. The third-order valence-corrected chi connectivity index (χ3v) is 5.29. The number of carbonyl (C=O) groups excluding carboxylic acids is 2. The first-order valence-corrected chi connectivity index (χ1v) is 10.3. The van der Waals surface area contributed by atoms with Crippen LogP contribution in [0.4, 0.5) is 0 Å². The van der Waals surface area contributed by atoms with Gasteiger partial charge in [-0.3, -0.25) is 14.7 Å². The average Bonchev–Trinajstić information content (AvgIpc) is 3.27. The molecule has 1 heterocycles. The van der Waals surface area contributed by atoms with Gasteiger partial charge in [0.1, 0.15) is 11.8 Å². The zero-order valence-electron chi connectivity index (χ0n) is 17.8. The van der Waals surface area contributed by atoms with E-state index in [1.165, 1.54) is 0 Å². The number of nitrogens with zero attached hydrogens (tertiary/aromatic N) is 1. The van der Waals surface area contributed by atoms with Gasteiger partial charge in [0.2, 0.25) is 5.91 Å². The first kappa shape index (κ1) is 21.1. The van der Waals surface area contributed by atoms with Crippen LogP contribution >= 0.6 is 0 Å². The molecule has 0 fully saturated rings. The van der Waals surface area contributed by atoms with Crippen molar-refractivity contribution in [2.45, 2.75) is 19.0 Å². The van der Waals surface area contributed by atoms with E-state index >= 15 is 0 Å². The predicted octanol–water partition coefficient (Wildman–Crippen LogP) is 3.60. The van der Waals surface area contributed by atoms with Gasteiger partial charge in [0, 0.05) is 5.39 Å². The summed E-state index contributed by atoms with van der Waals surface area (Å²) in [6.45, 7) is 1.65. The van der Waals surface area contributed by atoms with Gasteiger partial charge in [-0.25, -0.2) is 0 Å². The summed E-state index contributed by atoms with van der Waals surface area (Å²) in [5.74, 6) is 0.0208. The van der Waals surface area contributed by atoms with Crippen LogP contribution in [-0.4, -0.2) is 35.2 Å². The lowest BCUT2D eigenvalue weighted by Crippen LogP contribution is -2.46. The number of aromatic amines is 1. The molecule has 3 N–H and O–H groups in total. The van der Waals surface area contributed by atoms with Crippen molar-refractivity contribution in [2.75, 3.05) is 7.11 Å². The molecule has 7 nitrogen and oxygen atoms in total. The van der Waals surface area contributed by atoms with E-state index in [4.69, 9.17) is 4.74 Å². The fourth-order valence-electron chi connectivity index (χ4n) is 3.54. The van der Waals surface area contributed by atoms with Gasteiger partial charge in [0.25, 0.3) is 5.91 Å². The van der Waals surface area contributed by atoms with Crippen LogP contribution in [0.5, 0.6) is 5.75 Å². The molecule has 4 rings (SSSR count). The maximum atomic E-state index is 13.0. The number of amides is 2. The van der Waals surface area contributed by atoms with Crippen LogP contribution in [0.2, 0.25) is 0 Å². The SMILES string of the molecule is COc1ccc([C@H](NC(=O)[C@@H](C)NC(=O)c2n[nH]c3ccccc23)c2ccccc2)cc1. The van der Waals surface area contributed by atoms with Crippen LogP contribution in [-0.2, 0) is 4.79 Å². The van der Waals surface area contributed by atoms with Crippen molar-refractivity contribution in [3.05, 3.63) is 95.7 Å². The Labute approximate surface area is 185 Å². The molecule has 2 atom stereocenters. The largest absolute Gasteiger partial charge is 0.497 e. The van der Waals surface area contributed by atoms with Gasteiger partial charge in [-0.2, -0.15) is 5.10 Å². The zero-order chi connectivity index (χ0) is 22.5. The van der Waals surface area contributed by atoms with Gasteiger partial charge < -0.3 is 15.4 Å². The second kappa shape index (κ2) is 9.34. The van der Waals surface area contributed by atoms with Gasteiger partial charge >= 0.3 is 0 Å². The van der Waals surface area contributed by atoms with Crippen molar-refractivity contribution in [1.82, 2.24) is 20.8 Å². The number of hydrogen-bond acceptors (Lipinski definition) is 4. The normalized spacial score (nSPS) is 12.7. The monoisotopic (exact) mass is 428 g/mol. The maximum Gasteiger partial charge on any atom is 0.273 e. The van der Waals surface area contributed by atoms with E-state index in [9.17, 15) is 9.59 Å². The molecule has 7 heteroatoms. The van der Waals surface area contributed by atoms with Crippen LogP contribution in [0.15, 0.2) is 78.9 Å². The minimum atomic E-state index is -0.762. The third-order valence-electron chi connectivity index (χ3n) is 5.29. The number of rotatable bonds is 7. The number of aromatic nitrogens is 2.